The first-order valence-corrected chi connectivity index (χ1v) is 8.81. The average molecular weight is 329 g/mol. The molecule has 0 bridgehead atoms. The monoisotopic (exact) mass is 329 g/mol. The van der Waals surface area contributed by atoms with Crippen molar-refractivity contribution in [1.82, 2.24) is 24.6 Å². The maximum absolute atomic E-state index is 12.2. The van der Waals surface area contributed by atoms with Crippen LogP contribution in [0.25, 0.3) is 0 Å². The summed E-state index contributed by atoms with van der Waals surface area (Å²) in [7, 11) is 0. The van der Waals surface area contributed by atoms with Crippen LogP contribution in [-0.2, 0) is 13.1 Å². The van der Waals surface area contributed by atoms with Crippen LogP contribution in [0.5, 0.6) is 0 Å². The summed E-state index contributed by atoms with van der Waals surface area (Å²) in [6.45, 7) is 9.94. The van der Waals surface area contributed by atoms with Crippen molar-refractivity contribution < 1.29 is 0 Å². The van der Waals surface area contributed by atoms with Gasteiger partial charge in [0.25, 0.3) is 5.56 Å². The van der Waals surface area contributed by atoms with Gasteiger partial charge in [-0.3, -0.25) is 19.4 Å². The Balaban J connectivity index is 1.53. The van der Waals surface area contributed by atoms with Crippen LogP contribution in [0.4, 0.5) is 0 Å². The lowest BCUT2D eigenvalue weighted by atomic mass is 9.96. The fraction of sp³-hybridized carbons (Fsp3) is 0.611. The van der Waals surface area contributed by atoms with Gasteiger partial charge in [0.1, 0.15) is 0 Å². The van der Waals surface area contributed by atoms with E-state index in [1.54, 1.807) is 17.0 Å². The van der Waals surface area contributed by atoms with Gasteiger partial charge in [-0.2, -0.15) is 5.10 Å². The van der Waals surface area contributed by atoms with E-state index in [2.05, 4.69) is 40.0 Å². The highest BCUT2D eigenvalue weighted by molar-refractivity contribution is 5.06. The van der Waals surface area contributed by atoms with Gasteiger partial charge in [-0.05, 0) is 50.8 Å². The van der Waals surface area contributed by atoms with Gasteiger partial charge < -0.3 is 0 Å². The van der Waals surface area contributed by atoms with Crippen molar-refractivity contribution in [2.75, 3.05) is 13.1 Å². The van der Waals surface area contributed by atoms with Crippen LogP contribution in [-0.4, -0.2) is 37.7 Å². The number of H-pyrrole nitrogens is 1. The molecule has 24 heavy (non-hydrogen) atoms. The number of aryl methyl sites for hydroxylation is 1. The van der Waals surface area contributed by atoms with Gasteiger partial charge in [0.15, 0.2) is 0 Å². The highest BCUT2D eigenvalue weighted by atomic mass is 16.1. The molecule has 1 N–H and O–H groups in total. The SMILES string of the molecule is Cc1cc(CN2CCC(Cn3cnc(C(C)C)cc3=O)CC2)n[nH]1. The summed E-state index contributed by atoms with van der Waals surface area (Å²) in [5.74, 6) is 0.841. The molecule has 2 aromatic rings. The second-order valence-electron chi connectivity index (χ2n) is 7.22. The minimum absolute atomic E-state index is 0.0723. The van der Waals surface area contributed by atoms with Crippen molar-refractivity contribution in [2.45, 2.75) is 52.6 Å². The molecule has 2 aromatic heterocycles. The molecule has 130 valence electrons. The lowest BCUT2D eigenvalue weighted by Crippen LogP contribution is -2.36. The average Bonchev–Trinajstić information content (AvgIpc) is 2.96. The van der Waals surface area contributed by atoms with Gasteiger partial charge in [0, 0.05) is 24.8 Å². The maximum atomic E-state index is 12.2. The first-order valence-electron chi connectivity index (χ1n) is 8.81. The topological polar surface area (TPSA) is 66.8 Å². The van der Waals surface area contributed by atoms with E-state index in [0.717, 1.165) is 56.1 Å². The van der Waals surface area contributed by atoms with E-state index < -0.39 is 0 Å². The third-order valence-corrected chi connectivity index (χ3v) is 4.80. The van der Waals surface area contributed by atoms with E-state index in [1.807, 2.05) is 6.92 Å². The molecule has 1 saturated heterocycles. The van der Waals surface area contributed by atoms with Crippen LogP contribution in [0.2, 0.25) is 0 Å². The van der Waals surface area contributed by atoms with Crippen molar-refractivity contribution in [3.63, 3.8) is 0 Å². The fourth-order valence-corrected chi connectivity index (χ4v) is 3.28. The van der Waals surface area contributed by atoms with Crippen molar-refractivity contribution in [3.8, 4) is 0 Å². The maximum Gasteiger partial charge on any atom is 0.253 e. The number of hydrogen-bond acceptors (Lipinski definition) is 4. The van der Waals surface area contributed by atoms with Crippen LogP contribution in [0.1, 0.15) is 49.7 Å². The third-order valence-electron chi connectivity index (χ3n) is 4.80. The molecule has 3 rings (SSSR count). The Kier molecular flexibility index (Phi) is 5.14. The van der Waals surface area contributed by atoms with Crippen LogP contribution in [0.3, 0.4) is 0 Å². The number of aromatic amines is 1. The smallest absolute Gasteiger partial charge is 0.253 e. The lowest BCUT2D eigenvalue weighted by molar-refractivity contribution is 0.164. The van der Waals surface area contributed by atoms with E-state index in [1.165, 1.54) is 0 Å². The highest BCUT2D eigenvalue weighted by Gasteiger charge is 2.20. The zero-order valence-corrected chi connectivity index (χ0v) is 14.8. The predicted octanol–water partition coefficient (Wildman–Crippen LogP) is 2.31. The Labute approximate surface area is 142 Å². The molecule has 0 amide bonds. The van der Waals surface area contributed by atoms with E-state index in [4.69, 9.17) is 0 Å². The zero-order valence-electron chi connectivity index (χ0n) is 14.8. The molecule has 0 aromatic carbocycles. The summed E-state index contributed by atoms with van der Waals surface area (Å²) >= 11 is 0. The molecule has 0 unspecified atom stereocenters. The van der Waals surface area contributed by atoms with Gasteiger partial charge in [0.05, 0.1) is 17.7 Å². The van der Waals surface area contributed by atoms with Crippen LogP contribution in [0, 0.1) is 12.8 Å². The van der Waals surface area contributed by atoms with Crippen LogP contribution in [0.15, 0.2) is 23.3 Å². The summed E-state index contributed by atoms with van der Waals surface area (Å²) < 4.78 is 1.77. The summed E-state index contributed by atoms with van der Waals surface area (Å²) in [6.07, 6.45) is 3.94. The molecule has 0 saturated carbocycles. The number of piperidine rings is 1. The Hall–Kier alpha value is -1.95. The van der Waals surface area contributed by atoms with Crippen molar-refractivity contribution in [2.24, 2.45) is 5.92 Å². The Morgan fingerprint density at radius 1 is 1.29 bits per heavy atom. The molecule has 1 fully saturated rings. The molecule has 1 aliphatic rings. The standard InChI is InChI=1S/C18H27N5O/c1-13(2)17-9-18(24)23(12-19-17)10-15-4-6-22(7-5-15)11-16-8-14(3)20-21-16/h8-9,12-13,15H,4-7,10-11H2,1-3H3,(H,20,21). The Morgan fingerprint density at radius 2 is 2.04 bits per heavy atom. The van der Waals surface area contributed by atoms with Crippen molar-refractivity contribution >= 4 is 0 Å². The number of nitrogens with zero attached hydrogens (tertiary/aromatic N) is 4. The molecule has 0 spiro atoms. The molecule has 0 atom stereocenters. The van der Waals surface area contributed by atoms with Gasteiger partial charge in [-0.15, -0.1) is 0 Å². The summed E-state index contributed by atoms with van der Waals surface area (Å²) in [5, 5.41) is 7.31. The number of nitrogens with one attached hydrogen (secondary N) is 1. The molecular formula is C18H27N5O. The minimum Gasteiger partial charge on any atom is -0.299 e. The number of rotatable bonds is 5. The molecule has 0 aliphatic carbocycles. The molecule has 1 aliphatic heterocycles. The van der Waals surface area contributed by atoms with E-state index >= 15 is 0 Å². The van der Waals surface area contributed by atoms with Gasteiger partial charge in [-0.1, -0.05) is 13.8 Å². The Bertz CT molecular complexity index is 725. The van der Waals surface area contributed by atoms with E-state index in [-0.39, 0.29) is 5.56 Å². The molecule has 3 heterocycles. The first-order chi connectivity index (χ1) is 11.5. The molecular weight excluding hydrogens is 302 g/mol. The molecule has 0 radical (unpaired) electrons. The van der Waals surface area contributed by atoms with Gasteiger partial charge in [0.2, 0.25) is 0 Å². The Morgan fingerprint density at radius 3 is 2.62 bits per heavy atom. The largest absolute Gasteiger partial charge is 0.299 e. The normalized spacial score (nSPS) is 16.8. The van der Waals surface area contributed by atoms with Crippen molar-refractivity contribution in [3.05, 3.63) is 45.9 Å². The van der Waals surface area contributed by atoms with Crippen LogP contribution < -0.4 is 5.56 Å². The molecule has 6 heteroatoms. The summed E-state index contributed by atoms with van der Waals surface area (Å²) in [6, 6.07) is 3.79. The predicted molar refractivity (Wildman–Crippen MR) is 93.9 cm³/mol. The second-order valence-corrected chi connectivity index (χ2v) is 7.22. The first kappa shape index (κ1) is 16.9. The summed E-state index contributed by atoms with van der Waals surface area (Å²) in [4.78, 5) is 19.1. The quantitative estimate of drug-likeness (QED) is 0.914. The highest BCUT2D eigenvalue weighted by Crippen LogP contribution is 2.20. The summed E-state index contributed by atoms with van der Waals surface area (Å²) in [5.41, 5.74) is 3.16. The number of likely N-dealkylation sites (tertiary alicyclic amines) is 1. The van der Waals surface area contributed by atoms with Crippen LogP contribution >= 0.6 is 0 Å². The third kappa shape index (κ3) is 4.12. The number of hydrogen-bond donors (Lipinski definition) is 1. The van der Waals surface area contributed by atoms with E-state index in [9.17, 15) is 4.79 Å². The fourth-order valence-electron chi connectivity index (χ4n) is 3.28. The minimum atomic E-state index is 0.0723. The van der Waals surface area contributed by atoms with E-state index in [0.29, 0.717) is 11.8 Å². The van der Waals surface area contributed by atoms with Gasteiger partial charge in [-0.25, -0.2) is 4.98 Å². The van der Waals surface area contributed by atoms with Crippen molar-refractivity contribution in [1.29, 1.82) is 0 Å². The number of aromatic nitrogens is 4. The second kappa shape index (κ2) is 7.30. The lowest BCUT2D eigenvalue weighted by Gasteiger charge is -2.31. The van der Waals surface area contributed by atoms with Gasteiger partial charge >= 0.3 is 0 Å². The molecule has 6 nitrogen and oxygen atoms in total. The zero-order chi connectivity index (χ0) is 17.1.